The molecule has 5 heteroatoms. The molecule has 5 nitrogen and oxygen atoms in total. The molecule has 2 atom stereocenters. The number of para-hydroxylation sites is 1. The third-order valence-corrected chi connectivity index (χ3v) is 3.44. The Balaban J connectivity index is 2.11. The number of amides is 2. The van der Waals surface area contributed by atoms with Gasteiger partial charge in [-0.15, -0.1) is 0 Å². The van der Waals surface area contributed by atoms with Gasteiger partial charge in [-0.1, -0.05) is 18.2 Å². The molecule has 0 saturated carbocycles. The Morgan fingerprint density at radius 3 is 2.63 bits per heavy atom. The lowest BCUT2D eigenvalue weighted by Crippen LogP contribution is -2.38. The van der Waals surface area contributed by atoms with E-state index < -0.39 is 6.04 Å². The predicted octanol–water partition coefficient (Wildman–Crippen LogP) is 1.10. The molecule has 0 spiro atoms. The summed E-state index contributed by atoms with van der Waals surface area (Å²) in [6.45, 7) is 1.95. The van der Waals surface area contributed by atoms with Crippen molar-refractivity contribution in [3.63, 3.8) is 0 Å². The van der Waals surface area contributed by atoms with Gasteiger partial charge in [0.05, 0.1) is 19.6 Å². The van der Waals surface area contributed by atoms with Gasteiger partial charge in [0.1, 0.15) is 5.75 Å². The molecule has 1 aliphatic rings. The number of carbonyl (C=O) groups is 2. The molecule has 1 aliphatic heterocycles. The van der Waals surface area contributed by atoms with Gasteiger partial charge in [-0.3, -0.25) is 19.8 Å². The van der Waals surface area contributed by atoms with E-state index >= 15 is 0 Å². The zero-order chi connectivity index (χ0) is 14.0. The van der Waals surface area contributed by atoms with E-state index in [-0.39, 0.29) is 24.3 Å². The van der Waals surface area contributed by atoms with Gasteiger partial charge in [0.25, 0.3) is 0 Å². The normalized spacial score (nSPS) is 20.8. The molecule has 1 heterocycles. The summed E-state index contributed by atoms with van der Waals surface area (Å²) in [5.41, 5.74) is 0.972. The molecule has 19 heavy (non-hydrogen) atoms. The lowest BCUT2D eigenvalue weighted by Gasteiger charge is -2.20. The number of hydrogen-bond donors (Lipinski definition) is 1. The van der Waals surface area contributed by atoms with E-state index in [1.807, 2.05) is 31.2 Å². The third kappa shape index (κ3) is 2.61. The maximum atomic E-state index is 11.8. The second-order valence-corrected chi connectivity index (χ2v) is 4.68. The Morgan fingerprint density at radius 1 is 1.37 bits per heavy atom. The number of benzene rings is 1. The van der Waals surface area contributed by atoms with Crippen LogP contribution in [-0.2, 0) is 9.59 Å². The van der Waals surface area contributed by atoms with Crippen LogP contribution in [0.3, 0.4) is 0 Å². The van der Waals surface area contributed by atoms with Gasteiger partial charge in [0.15, 0.2) is 0 Å². The summed E-state index contributed by atoms with van der Waals surface area (Å²) >= 11 is 0. The molecule has 1 aromatic carbocycles. The molecule has 0 bridgehead atoms. The van der Waals surface area contributed by atoms with Crippen LogP contribution in [0.25, 0.3) is 0 Å². The number of nitrogens with one attached hydrogen (secondary N) is 1. The number of rotatable bonds is 4. The minimum absolute atomic E-state index is 0.0654. The Bertz CT molecular complexity index is 501. The smallest absolute Gasteiger partial charge is 0.246 e. The van der Waals surface area contributed by atoms with Crippen LogP contribution in [-0.4, -0.2) is 36.9 Å². The zero-order valence-electron chi connectivity index (χ0n) is 11.3. The lowest BCUT2D eigenvalue weighted by atomic mass is 10.1. The quantitative estimate of drug-likeness (QED) is 0.826. The summed E-state index contributed by atoms with van der Waals surface area (Å²) in [6.07, 6.45) is 0.217. The van der Waals surface area contributed by atoms with Crippen LogP contribution in [0.4, 0.5) is 0 Å². The standard InChI is InChI=1S/C14H18N2O3/c1-9(10-6-4-5-7-12(10)19-3)15-11-8-13(17)16(2)14(11)18/h4-7,9,11,15H,8H2,1-3H3/t9-,11?/m1/s1. The highest BCUT2D eigenvalue weighted by Crippen LogP contribution is 2.25. The molecular weight excluding hydrogens is 244 g/mol. The number of imide groups is 1. The molecule has 1 unspecified atom stereocenters. The fraction of sp³-hybridized carbons (Fsp3) is 0.429. The first kappa shape index (κ1) is 13.5. The highest BCUT2D eigenvalue weighted by Gasteiger charge is 2.36. The number of likely N-dealkylation sites (tertiary alicyclic amines) is 1. The molecule has 1 N–H and O–H groups in total. The van der Waals surface area contributed by atoms with E-state index in [9.17, 15) is 9.59 Å². The monoisotopic (exact) mass is 262 g/mol. The maximum absolute atomic E-state index is 11.8. The predicted molar refractivity (Wildman–Crippen MR) is 70.7 cm³/mol. The topological polar surface area (TPSA) is 58.6 Å². The third-order valence-electron chi connectivity index (χ3n) is 3.44. The lowest BCUT2D eigenvalue weighted by molar-refractivity contribution is -0.137. The van der Waals surface area contributed by atoms with Crippen molar-refractivity contribution in [2.45, 2.75) is 25.4 Å². The minimum atomic E-state index is -0.447. The molecular formula is C14H18N2O3. The summed E-state index contributed by atoms with van der Waals surface area (Å²) in [5, 5.41) is 3.19. The minimum Gasteiger partial charge on any atom is -0.496 e. The molecule has 0 aromatic heterocycles. The van der Waals surface area contributed by atoms with Crippen molar-refractivity contribution in [3.05, 3.63) is 29.8 Å². The van der Waals surface area contributed by atoms with E-state index in [0.29, 0.717) is 0 Å². The van der Waals surface area contributed by atoms with Crippen LogP contribution < -0.4 is 10.1 Å². The molecule has 0 radical (unpaired) electrons. The number of likely N-dealkylation sites (N-methyl/N-ethyl adjacent to an activating group) is 1. The number of methoxy groups -OCH3 is 1. The van der Waals surface area contributed by atoms with Crippen molar-refractivity contribution in [2.75, 3.05) is 14.2 Å². The van der Waals surface area contributed by atoms with Crippen molar-refractivity contribution in [1.82, 2.24) is 10.2 Å². The summed E-state index contributed by atoms with van der Waals surface area (Å²) < 4.78 is 5.30. The molecule has 102 valence electrons. The highest BCUT2D eigenvalue weighted by molar-refractivity contribution is 6.05. The summed E-state index contributed by atoms with van der Waals surface area (Å²) in [4.78, 5) is 24.5. The summed E-state index contributed by atoms with van der Waals surface area (Å²) in [5.74, 6) is 0.453. The van der Waals surface area contributed by atoms with E-state index in [2.05, 4.69) is 5.32 Å². The first-order chi connectivity index (χ1) is 9.04. The van der Waals surface area contributed by atoms with E-state index in [1.54, 1.807) is 7.11 Å². The van der Waals surface area contributed by atoms with Crippen molar-refractivity contribution < 1.29 is 14.3 Å². The highest BCUT2D eigenvalue weighted by atomic mass is 16.5. The molecule has 1 aromatic rings. The average Bonchev–Trinajstić information content (AvgIpc) is 2.66. The van der Waals surface area contributed by atoms with Gasteiger partial charge in [0, 0.05) is 18.7 Å². The van der Waals surface area contributed by atoms with Gasteiger partial charge < -0.3 is 4.74 Å². The van der Waals surface area contributed by atoms with Crippen molar-refractivity contribution >= 4 is 11.8 Å². The molecule has 2 rings (SSSR count). The second-order valence-electron chi connectivity index (χ2n) is 4.68. The van der Waals surface area contributed by atoms with Crippen LogP contribution in [0.1, 0.15) is 24.9 Å². The average molecular weight is 262 g/mol. The van der Waals surface area contributed by atoms with E-state index in [0.717, 1.165) is 11.3 Å². The van der Waals surface area contributed by atoms with Crippen LogP contribution in [0.2, 0.25) is 0 Å². The van der Waals surface area contributed by atoms with Crippen LogP contribution in [0, 0.1) is 0 Å². The Labute approximate surface area is 112 Å². The van der Waals surface area contributed by atoms with Crippen molar-refractivity contribution in [3.8, 4) is 5.75 Å². The number of ether oxygens (including phenoxy) is 1. The van der Waals surface area contributed by atoms with E-state index in [1.165, 1.54) is 11.9 Å². The van der Waals surface area contributed by atoms with Gasteiger partial charge in [-0.2, -0.15) is 0 Å². The Hall–Kier alpha value is -1.88. The molecule has 2 amide bonds. The van der Waals surface area contributed by atoms with E-state index in [4.69, 9.17) is 4.74 Å². The fourth-order valence-electron chi connectivity index (χ4n) is 2.30. The molecule has 0 aliphatic carbocycles. The van der Waals surface area contributed by atoms with Gasteiger partial charge in [-0.25, -0.2) is 0 Å². The number of nitrogens with zero attached hydrogens (tertiary/aromatic N) is 1. The first-order valence-corrected chi connectivity index (χ1v) is 6.24. The van der Waals surface area contributed by atoms with Crippen LogP contribution >= 0.6 is 0 Å². The summed E-state index contributed by atoms with van der Waals surface area (Å²) in [7, 11) is 3.13. The fourth-order valence-corrected chi connectivity index (χ4v) is 2.30. The van der Waals surface area contributed by atoms with Gasteiger partial charge in [0.2, 0.25) is 11.8 Å². The maximum Gasteiger partial charge on any atom is 0.246 e. The Kier molecular flexibility index (Phi) is 3.85. The zero-order valence-corrected chi connectivity index (χ0v) is 11.3. The SMILES string of the molecule is COc1ccccc1[C@@H](C)NC1CC(=O)N(C)C1=O. The van der Waals surface area contributed by atoms with Crippen molar-refractivity contribution in [2.24, 2.45) is 0 Å². The molecule has 1 saturated heterocycles. The second kappa shape index (κ2) is 5.40. The first-order valence-electron chi connectivity index (χ1n) is 6.24. The largest absolute Gasteiger partial charge is 0.496 e. The molecule has 1 fully saturated rings. The van der Waals surface area contributed by atoms with Crippen molar-refractivity contribution in [1.29, 1.82) is 0 Å². The van der Waals surface area contributed by atoms with Gasteiger partial charge >= 0.3 is 0 Å². The van der Waals surface area contributed by atoms with Crippen LogP contribution in [0.5, 0.6) is 5.75 Å². The number of hydrogen-bond acceptors (Lipinski definition) is 4. The van der Waals surface area contributed by atoms with Gasteiger partial charge in [-0.05, 0) is 13.0 Å². The number of carbonyl (C=O) groups excluding carboxylic acids is 2. The Morgan fingerprint density at radius 2 is 2.05 bits per heavy atom. The summed E-state index contributed by atoms with van der Waals surface area (Å²) in [6, 6.07) is 7.13. The van der Waals surface area contributed by atoms with Crippen LogP contribution in [0.15, 0.2) is 24.3 Å².